The van der Waals surface area contributed by atoms with Gasteiger partial charge in [-0.05, 0) is 43.5 Å². The second-order valence-corrected chi connectivity index (χ2v) is 6.84. The van der Waals surface area contributed by atoms with Crippen LogP contribution in [0.15, 0.2) is 42.0 Å². The van der Waals surface area contributed by atoms with Gasteiger partial charge in [-0.1, -0.05) is 0 Å². The van der Waals surface area contributed by atoms with Gasteiger partial charge in [-0.3, -0.25) is 15.6 Å². The zero-order valence-electron chi connectivity index (χ0n) is 16.5. The minimum Gasteiger partial charge on any atom is -0.471 e. The molecule has 0 saturated heterocycles. The number of amides is 1. The van der Waals surface area contributed by atoms with Gasteiger partial charge in [-0.15, -0.1) is 0 Å². The summed E-state index contributed by atoms with van der Waals surface area (Å²) >= 11 is 0. The summed E-state index contributed by atoms with van der Waals surface area (Å²) in [7, 11) is 0. The van der Waals surface area contributed by atoms with Crippen molar-refractivity contribution >= 4 is 11.6 Å². The smallest absolute Gasteiger partial charge is 0.254 e. The second kappa shape index (κ2) is 9.33. The maximum absolute atomic E-state index is 12.6. The number of fused-ring (bicyclic) bond motifs is 1. The van der Waals surface area contributed by atoms with Gasteiger partial charge in [0.05, 0.1) is 17.6 Å². The summed E-state index contributed by atoms with van der Waals surface area (Å²) in [4.78, 5) is 21.6. The van der Waals surface area contributed by atoms with Crippen molar-refractivity contribution < 1.29 is 13.9 Å². The van der Waals surface area contributed by atoms with E-state index in [1.54, 1.807) is 12.4 Å². The van der Waals surface area contributed by atoms with Crippen LogP contribution in [0.3, 0.4) is 0 Å². The number of carbonyl (C=O) groups is 1. The van der Waals surface area contributed by atoms with Crippen molar-refractivity contribution in [2.45, 2.75) is 26.8 Å². The van der Waals surface area contributed by atoms with Crippen LogP contribution in [-0.4, -0.2) is 40.6 Å². The largest absolute Gasteiger partial charge is 0.471 e. The minimum atomic E-state index is -0.975. The van der Waals surface area contributed by atoms with E-state index in [0.29, 0.717) is 25.4 Å². The molecule has 0 spiro atoms. The van der Waals surface area contributed by atoms with Gasteiger partial charge in [0.2, 0.25) is 5.88 Å². The van der Waals surface area contributed by atoms with E-state index in [4.69, 9.17) is 10.6 Å². The molecule has 0 radical (unpaired) electrons. The zero-order valence-corrected chi connectivity index (χ0v) is 16.5. The number of hydrogen-bond acceptors (Lipinski definition) is 7. The number of aromatic nitrogens is 2. The van der Waals surface area contributed by atoms with E-state index < -0.39 is 12.6 Å². The van der Waals surface area contributed by atoms with Crippen LogP contribution in [0.2, 0.25) is 0 Å². The fourth-order valence-corrected chi connectivity index (χ4v) is 2.98. The molecular weight excluding hydrogens is 375 g/mol. The van der Waals surface area contributed by atoms with E-state index in [-0.39, 0.29) is 6.61 Å². The molecule has 0 aliphatic carbocycles. The molecule has 0 aromatic carbocycles. The highest BCUT2D eigenvalue weighted by Gasteiger charge is 2.21. The molecular formula is C20H25FN6O2. The number of aryl methyl sites for hydroxylation is 1. The molecule has 1 aliphatic heterocycles. The molecule has 1 amide bonds. The summed E-state index contributed by atoms with van der Waals surface area (Å²) in [6.45, 7) is 3.87. The number of rotatable bonds is 7. The summed E-state index contributed by atoms with van der Waals surface area (Å²) in [6, 6.07) is 5.70. The summed E-state index contributed by atoms with van der Waals surface area (Å²) in [5.74, 6) is 5.55. The Balaban J connectivity index is 1.67. The molecule has 0 saturated carbocycles. The highest BCUT2D eigenvalue weighted by atomic mass is 19.1. The van der Waals surface area contributed by atoms with Crippen molar-refractivity contribution in [2.24, 2.45) is 5.84 Å². The summed E-state index contributed by atoms with van der Waals surface area (Å²) in [6.07, 6.45) is 4.05. The fraction of sp³-hybridized carbons (Fsp3) is 0.350. The Morgan fingerprint density at radius 2 is 2.14 bits per heavy atom. The number of alkyl halides is 1. The van der Waals surface area contributed by atoms with Crippen molar-refractivity contribution in [3.63, 3.8) is 0 Å². The van der Waals surface area contributed by atoms with Crippen molar-refractivity contribution in [1.82, 2.24) is 20.3 Å². The standard InChI is InChI=1S/C20H25FN6O2/c1-13-3-4-17(10-23-13)25-18(14(2)26-22)12-29-19-7-15-5-6-27(20(28)8-21)11-16(15)9-24-19/h3-4,7,9-10,25-26H,5-6,8,11-12,22H2,1-2H3/b18-14-. The van der Waals surface area contributed by atoms with Gasteiger partial charge in [0.1, 0.15) is 6.61 Å². The average molecular weight is 400 g/mol. The number of hydrazine groups is 1. The molecule has 29 heavy (non-hydrogen) atoms. The Morgan fingerprint density at radius 3 is 2.83 bits per heavy atom. The number of ether oxygens (including phenoxy) is 1. The van der Waals surface area contributed by atoms with Gasteiger partial charge in [0, 0.05) is 36.7 Å². The van der Waals surface area contributed by atoms with E-state index in [0.717, 1.165) is 33.9 Å². The molecule has 8 nitrogen and oxygen atoms in total. The number of carbonyl (C=O) groups excluding carboxylic acids is 1. The topological polar surface area (TPSA) is 105 Å². The van der Waals surface area contributed by atoms with Crippen LogP contribution in [0.4, 0.5) is 10.1 Å². The molecule has 1 aliphatic rings. The normalized spacial score (nSPS) is 14.0. The highest BCUT2D eigenvalue weighted by molar-refractivity contribution is 5.77. The monoisotopic (exact) mass is 400 g/mol. The van der Waals surface area contributed by atoms with E-state index in [2.05, 4.69) is 20.7 Å². The lowest BCUT2D eigenvalue weighted by Gasteiger charge is -2.28. The molecule has 0 bridgehead atoms. The molecule has 2 aromatic rings. The molecule has 9 heteroatoms. The number of halogens is 1. The quantitative estimate of drug-likeness (QED) is 0.481. The predicted octanol–water partition coefficient (Wildman–Crippen LogP) is 1.82. The van der Waals surface area contributed by atoms with Gasteiger partial charge in [0.15, 0.2) is 6.67 Å². The minimum absolute atomic E-state index is 0.224. The third-order valence-corrected chi connectivity index (χ3v) is 4.78. The molecule has 0 unspecified atom stereocenters. The van der Waals surface area contributed by atoms with Gasteiger partial charge >= 0.3 is 0 Å². The molecule has 154 valence electrons. The molecule has 2 aromatic heterocycles. The van der Waals surface area contributed by atoms with E-state index in [9.17, 15) is 9.18 Å². The maximum atomic E-state index is 12.6. The van der Waals surface area contributed by atoms with Gasteiger partial charge in [0.25, 0.3) is 5.91 Å². The number of hydrogen-bond donors (Lipinski definition) is 3. The first-order chi connectivity index (χ1) is 14.0. The van der Waals surface area contributed by atoms with Crippen LogP contribution in [0.1, 0.15) is 23.7 Å². The summed E-state index contributed by atoms with van der Waals surface area (Å²) in [5.41, 5.74) is 7.81. The van der Waals surface area contributed by atoms with Crippen LogP contribution in [0, 0.1) is 6.92 Å². The Bertz CT molecular complexity index is 900. The fourth-order valence-electron chi connectivity index (χ4n) is 2.98. The first-order valence-electron chi connectivity index (χ1n) is 9.30. The van der Waals surface area contributed by atoms with Crippen molar-refractivity contribution in [3.05, 3.63) is 58.8 Å². The lowest BCUT2D eigenvalue weighted by atomic mass is 10.0. The Labute approximate surface area is 168 Å². The summed E-state index contributed by atoms with van der Waals surface area (Å²) in [5, 5.41) is 3.26. The van der Waals surface area contributed by atoms with Crippen LogP contribution < -0.4 is 21.3 Å². The van der Waals surface area contributed by atoms with Crippen LogP contribution in [-0.2, 0) is 17.8 Å². The first kappa shape index (κ1) is 20.5. The van der Waals surface area contributed by atoms with E-state index in [1.165, 1.54) is 4.90 Å². The first-order valence-corrected chi connectivity index (χ1v) is 9.30. The van der Waals surface area contributed by atoms with Crippen LogP contribution >= 0.6 is 0 Å². The number of nitrogens with one attached hydrogen (secondary N) is 2. The third-order valence-electron chi connectivity index (χ3n) is 4.78. The van der Waals surface area contributed by atoms with Crippen LogP contribution in [0.25, 0.3) is 0 Å². The van der Waals surface area contributed by atoms with E-state index >= 15 is 0 Å². The third kappa shape index (κ3) is 5.20. The molecule has 3 heterocycles. The van der Waals surface area contributed by atoms with Crippen molar-refractivity contribution in [2.75, 3.05) is 25.1 Å². The molecule has 0 atom stereocenters. The second-order valence-electron chi connectivity index (χ2n) is 6.84. The number of nitrogens with two attached hydrogens (primary N) is 1. The molecule has 4 N–H and O–H groups in total. The number of nitrogens with zero attached hydrogens (tertiary/aromatic N) is 3. The van der Waals surface area contributed by atoms with Crippen molar-refractivity contribution in [1.29, 1.82) is 0 Å². The lowest BCUT2D eigenvalue weighted by molar-refractivity contribution is -0.133. The highest BCUT2D eigenvalue weighted by Crippen LogP contribution is 2.22. The lowest BCUT2D eigenvalue weighted by Crippen LogP contribution is -2.36. The molecule has 3 rings (SSSR count). The Morgan fingerprint density at radius 1 is 1.31 bits per heavy atom. The van der Waals surface area contributed by atoms with E-state index in [1.807, 2.05) is 32.0 Å². The SMILES string of the molecule is C/C(NN)=C(\COc1cc2c(cn1)CN(C(=O)CF)CC2)Nc1ccc(C)nc1. The van der Waals surface area contributed by atoms with Crippen LogP contribution in [0.5, 0.6) is 5.88 Å². The van der Waals surface area contributed by atoms with Gasteiger partial charge in [-0.2, -0.15) is 0 Å². The van der Waals surface area contributed by atoms with Gasteiger partial charge in [-0.25, -0.2) is 9.37 Å². The summed E-state index contributed by atoms with van der Waals surface area (Å²) < 4.78 is 18.5. The van der Waals surface area contributed by atoms with Crippen molar-refractivity contribution in [3.8, 4) is 5.88 Å². The maximum Gasteiger partial charge on any atom is 0.254 e. The van der Waals surface area contributed by atoms with Gasteiger partial charge < -0.3 is 20.4 Å². The predicted molar refractivity (Wildman–Crippen MR) is 107 cm³/mol. The average Bonchev–Trinajstić information content (AvgIpc) is 2.76. The Hall–Kier alpha value is -3.20. The number of allylic oxidation sites excluding steroid dienone is 1. The number of pyridine rings is 2. The zero-order chi connectivity index (χ0) is 20.8. The Kier molecular flexibility index (Phi) is 6.61. The number of anilines is 1. The molecule has 0 fully saturated rings.